The monoisotopic (exact) mass is 550 g/mol. The van der Waals surface area contributed by atoms with Gasteiger partial charge in [-0.3, -0.25) is 0 Å². The lowest BCUT2D eigenvalue weighted by atomic mass is 9.98. The van der Waals surface area contributed by atoms with Crippen LogP contribution in [0.2, 0.25) is 0 Å². The Kier molecular flexibility index (Phi) is 11.2. The van der Waals surface area contributed by atoms with Crippen LogP contribution in [-0.4, -0.2) is 57.8 Å². The van der Waals surface area contributed by atoms with E-state index in [4.69, 9.17) is 0 Å². The Bertz CT molecular complexity index is 886. The number of thiol groups is 1. The van der Waals surface area contributed by atoms with Crippen LogP contribution in [0.3, 0.4) is 0 Å². The molecule has 188 valence electrons. The highest BCUT2D eigenvalue weighted by atomic mass is 32.2. The largest absolute Gasteiger partial charge is 0.446 e. The lowest BCUT2D eigenvalue weighted by Gasteiger charge is -2.33. The van der Waals surface area contributed by atoms with Crippen LogP contribution < -0.4 is 5.32 Å². The average molecular weight is 551 g/mol. The number of halogens is 3. The Balaban J connectivity index is 1.64. The second-order valence-electron chi connectivity index (χ2n) is 8.32. The molecular formula is C23H30F3N2O2PS3. The van der Waals surface area contributed by atoms with E-state index in [1.807, 2.05) is 30.3 Å². The maximum absolute atomic E-state index is 13.1. The molecule has 0 amide bonds. The minimum Gasteiger partial charge on any atom is -0.381 e. The van der Waals surface area contributed by atoms with Crippen LogP contribution in [0, 0.1) is 5.92 Å². The molecule has 0 aliphatic carbocycles. The predicted molar refractivity (Wildman–Crippen MR) is 140 cm³/mol. The number of likely N-dealkylation sites (tertiary alicyclic amines) is 1. The third-order valence-electron chi connectivity index (χ3n) is 5.67. The number of rotatable bonds is 11. The van der Waals surface area contributed by atoms with Gasteiger partial charge in [-0.15, -0.1) is 24.4 Å². The normalized spacial score (nSPS) is 16.7. The molecule has 1 unspecified atom stereocenters. The van der Waals surface area contributed by atoms with E-state index in [0.29, 0.717) is 22.7 Å². The quantitative estimate of drug-likeness (QED) is 0.145. The summed E-state index contributed by atoms with van der Waals surface area (Å²) in [4.78, 5) is 22.6. The highest BCUT2D eigenvalue weighted by Gasteiger charge is 2.31. The van der Waals surface area contributed by atoms with E-state index in [9.17, 15) is 23.0 Å². The maximum Gasteiger partial charge on any atom is 0.446 e. The zero-order valence-electron chi connectivity index (χ0n) is 18.6. The van der Waals surface area contributed by atoms with Crippen LogP contribution in [0.15, 0.2) is 63.2 Å². The predicted octanol–water partition coefficient (Wildman–Crippen LogP) is 6.56. The average Bonchev–Trinajstić information content (AvgIpc) is 2.77. The highest BCUT2D eigenvalue weighted by Crippen LogP contribution is 2.42. The topological polar surface area (TPSA) is 55.7 Å². The number of hydrogen-bond acceptors (Lipinski definition) is 7. The Morgan fingerprint density at radius 1 is 1.12 bits per heavy atom. The summed E-state index contributed by atoms with van der Waals surface area (Å²) in [7, 11) is -1.85. The Morgan fingerprint density at radius 3 is 2.47 bits per heavy atom. The lowest BCUT2D eigenvalue weighted by molar-refractivity contribution is -0.0328. The van der Waals surface area contributed by atoms with Gasteiger partial charge in [0, 0.05) is 44.9 Å². The minimum atomic E-state index is -4.37. The summed E-state index contributed by atoms with van der Waals surface area (Å²) in [5, 5.41) is 3.38. The van der Waals surface area contributed by atoms with E-state index >= 15 is 0 Å². The van der Waals surface area contributed by atoms with Gasteiger partial charge in [0.1, 0.15) is 0 Å². The first-order chi connectivity index (χ1) is 16.2. The molecule has 0 aromatic heterocycles. The molecule has 0 radical (unpaired) electrons. The third-order valence-corrected chi connectivity index (χ3v) is 8.75. The van der Waals surface area contributed by atoms with Crippen LogP contribution in [0.25, 0.3) is 0 Å². The summed E-state index contributed by atoms with van der Waals surface area (Å²) in [6, 6.07) is 14.8. The summed E-state index contributed by atoms with van der Waals surface area (Å²) in [5.41, 5.74) is -3.91. The Labute approximate surface area is 214 Å². The van der Waals surface area contributed by atoms with E-state index in [1.54, 1.807) is 23.9 Å². The van der Waals surface area contributed by atoms with Gasteiger partial charge in [-0.05, 0) is 80.4 Å². The summed E-state index contributed by atoms with van der Waals surface area (Å²) < 4.78 is 39.4. The van der Waals surface area contributed by atoms with Crippen LogP contribution in [0.5, 0.6) is 0 Å². The van der Waals surface area contributed by atoms with Gasteiger partial charge in [0.2, 0.25) is 0 Å². The maximum atomic E-state index is 13.1. The van der Waals surface area contributed by atoms with Crippen molar-refractivity contribution in [2.45, 2.75) is 45.5 Å². The summed E-state index contributed by atoms with van der Waals surface area (Å²) in [6.45, 7) is 2.63. The number of alkyl halides is 3. The standard InChI is InChI=1S/C23H30F3N2O2PS3/c24-23(25,26)34-22-14-19(32)6-7-21(22)27-18(16-33-20-4-2-1-3-5-20)10-13-28-11-8-17(9-12-28)15-31(29)30/h1-7,14,17-18,27,29-30,32H,8-13,15-16H2. The second-order valence-corrected chi connectivity index (χ2v) is 12.1. The number of benzene rings is 2. The molecule has 3 N–H and O–H groups in total. The molecule has 0 spiro atoms. The van der Waals surface area contributed by atoms with Crippen molar-refractivity contribution in [3.8, 4) is 0 Å². The molecule has 2 aromatic rings. The molecule has 4 nitrogen and oxygen atoms in total. The molecule has 1 saturated heterocycles. The molecule has 1 atom stereocenters. The van der Waals surface area contributed by atoms with Crippen molar-refractivity contribution in [2.75, 3.05) is 36.9 Å². The van der Waals surface area contributed by atoms with Gasteiger partial charge in [-0.2, -0.15) is 13.2 Å². The van der Waals surface area contributed by atoms with Gasteiger partial charge in [0.25, 0.3) is 0 Å². The van der Waals surface area contributed by atoms with E-state index < -0.39 is 13.9 Å². The molecule has 2 aromatic carbocycles. The number of nitrogens with one attached hydrogen (secondary N) is 1. The second kappa shape index (κ2) is 13.6. The van der Waals surface area contributed by atoms with Gasteiger partial charge in [0.15, 0.2) is 8.38 Å². The molecule has 1 heterocycles. The van der Waals surface area contributed by atoms with Crippen molar-refractivity contribution < 1.29 is 23.0 Å². The van der Waals surface area contributed by atoms with Crippen molar-refractivity contribution in [3.05, 3.63) is 48.5 Å². The molecule has 0 bridgehead atoms. The lowest BCUT2D eigenvalue weighted by Crippen LogP contribution is -2.37. The van der Waals surface area contributed by atoms with E-state index in [2.05, 4.69) is 22.8 Å². The molecule has 1 fully saturated rings. The third kappa shape index (κ3) is 10.2. The SMILES string of the molecule is OP(O)CC1CCN(CCC(CSc2ccccc2)Nc2ccc(S)cc2SC(F)(F)F)CC1. The number of nitrogens with zero attached hydrogens (tertiary/aromatic N) is 1. The van der Waals surface area contributed by atoms with Crippen LogP contribution in [0.1, 0.15) is 19.3 Å². The molecule has 11 heteroatoms. The van der Waals surface area contributed by atoms with Crippen LogP contribution in [-0.2, 0) is 0 Å². The van der Waals surface area contributed by atoms with Crippen molar-refractivity contribution in [1.82, 2.24) is 4.90 Å². The van der Waals surface area contributed by atoms with E-state index in [1.165, 1.54) is 6.07 Å². The number of piperidine rings is 1. The van der Waals surface area contributed by atoms with Crippen molar-refractivity contribution in [3.63, 3.8) is 0 Å². The summed E-state index contributed by atoms with van der Waals surface area (Å²) in [5.74, 6) is 1.07. The molecule has 34 heavy (non-hydrogen) atoms. The molecular weight excluding hydrogens is 520 g/mol. The Hall–Kier alpha value is -0.610. The van der Waals surface area contributed by atoms with Gasteiger partial charge < -0.3 is 20.0 Å². The number of hydrogen-bond donors (Lipinski definition) is 4. The minimum absolute atomic E-state index is 0.0241. The van der Waals surface area contributed by atoms with Gasteiger partial charge in [-0.1, -0.05) is 18.2 Å². The molecule has 3 rings (SSSR count). The first kappa shape index (κ1) is 28.0. The number of thioether (sulfide) groups is 2. The van der Waals surface area contributed by atoms with Gasteiger partial charge >= 0.3 is 5.51 Å². The first-order valence-electron chi connectivity index (χ1n) is 11.1. The summed E-state index contributed by atoms with van der Waals surface area (Å²) >= 11 is 5.79. The van der Waals surface area contributed by atoms with Crippen molar-refractivity contribution in [2.24, 2.45) is 5.92 Å². The van der Waals surface area contributed by atoms with E-state index in [0.717, 1.165) is 49.5 Å². The molecule has 0 saturated carbocycles. The fraction of sp³-hybridized carbons (Fsp3) is 0.478. The van der Waals surface area contributed by atoms with Crippen molar-refractivity contribution in [1.29, 1.82) is 0 Å². The van der Waals surface area contributed by atoms with Crippen molar-refractivity contribution >= 4 is 50.2 Å². The smallest absolute Gasteiger partial charge is 0.381 e. The first-order valence-corrected chi connectivity index (χ1v) is 14.8. The zero-order valence-corrected chi connectivity index (χ0v) is 22.0. The van der Waals surface area contributed by atoms with Crippen LogP contribution in [0.4, 0.5) is 18.9 Å². The molecule has 1 aliphatic heterocycles. The van der Waals surface area contributed by atoms with E-state index in [-0.39, 0.29) is 22.7 Å². The number of anilines is 1. The molecule has 1 aliphatic rings. The zero-order chi connectivity index (χ0) is 24.6. The summed E-state index contributed by atoms with van der Waals surface area (Å²) in [6.07, 6.45) is 3.14. The fourth-order valence-electron chi connectivity index (χ4n) is 3.93. The van der Waals surface area contributed by atoms with Gasteiger partial charge in [0.05, 0.1) is 0 Å². The highest BCUT2D eigenvalue weighted by molar-refractivity contribution is 8.00. The van der Waals surface area contributed by atoms with Crippen LogP contribution >= 0.6 is 44.5 Å². The Morgan fingerprint density at radius 2 is 1.82 bits per heavy atom. The fourth-order valence-corrected chi connectivity index (χ4v) is 6.72. The van der Waals surface area contributed by atoms with Gasteiger partial charge in [-0.25, -0.2) is 0 Å².